The molecule has 4 atom stereocenters. The summed E-state index contributed by atoms with van der Waals surface area (Å²) < 4.78 is 0. The van der Waals surface area contributed by atoms with Crippen LogP contribution < -0.4 is 32.3 Å². The summed E-state index contributed by atoms with van der Waals surface area (Å²) >= 11 is 0. The summed E-state index contributed by atoms with van der Waals surface area (Å²) in [4.78, 5) is 73.2. The van der Waals surface area contributed by atoms with Gasteiger partial charge in [-0.25, -0.2) is 4.79 Å². The first-order valence-corrected chi connectivity index (χ1v) is 12.4. The third-order valence-electron chi connectivity index (χ3n) is 5.63. The van der Waals surface area contributed by atoms with Crippen molar-refractivity contribution in [1.82, 2.24) is 26.6 Å². The number of aliphatic carboxylic acids is 1. The highest BCUT2D eigenvalue weighted by molar-refractivity contribution is 5.94. The van der Waals surface area contributed by atoms with Gasteiger partial charge in [0.25, 0.3) is 0 Å². The number of hydrogen-bond donors (Lipinski definition) is 7. The van der Waals surface area contributed by atoms with E-state index in [1.54, 1.807) is 55.4 Å². The van der Waals surface area contributed by atoms with Gasteiger partial charge in [-0.3, -0.25) is 24.0 Å². The van der Waals surface area contributed by atoms with E-state index >= 15 is 0 Å². The minimum absolute atomic E-state index is 0.122. The summed E-state index contributed by atoms with van der Waals surface area (Å²) in [6, 6.07) is -3.82. The predicted octanol–water partition coefficient (Wildman–Crippen LogP) is -1.29. The van der Waals surface area contributed by atoms with Gasteiger partial charge in [0.1, 0.15) is 18.1 Å². The number of carbonyl (C=O) groups excluding carboxylic acids is 5. The lowest BCUT2D eigenvalue weighted by atomic mass is 10.0. The highest BCUT2D eigenvalue weighted by Gasteiger charge is 2.30. The number of carboxylic acid groups (broad SMARTS) is 1. The van der Waals surface area contributed by atoms with Crippen molar-refractivity contribution in [3.05, 3.63) is 0 Å². The van der Waals surface area contributed by atoms with Crippen LogP contribution >= 0.6 is 0 Å². The van der Waals surface area contributed by atoms with Crippen LogP contribution in [-0.4, -0.2) is 77.9 Å². The van der Waals surface area contributed by atoms with Gasteiger partial charge in [-0.1, -0.05) is 55.4 Å². The lowest BCUT2D eigenvalue weighted by Crippen LogP contribution is -2.56. The van der Waals surface area contributed by atoms with Gasteiger partial charge < -0.3 is 37.4 Å². The van der Waals surface area contributed by atoms with Gasteiger partial charge in [0.15, 0.2) is 0 Å². The zero-order valence-corrected chi connectivity index (χ0v) is 23.0. The van der Waals surface area contributed by atoms with E-state index in [2.05, 4.69) is 26.6 Å². The first-order valence-electron chi connectivity index (χ1n) is 12.4. The number of hydrogen-bond acceptors (Lipinski definition) is 7. The Morgan fingerprint density at radius 2 is 1.00 bits per heavy atom. The van der Waals surface area contributed by atoms with Crippen LogP contribution in [0.25, 0.3) is 0 Å². The number of carbonyl (C=O) groups is 6. The van der Waals surface area contributed by atoms with Gasteiger partial charge in [-0.05, 0) is 23.7 Å². The van der Waals surface area contributed by atoms with Gasteiger partial charge in [0.05, 0.1) is 19.1 Å². The van der Waals surface area contributed by atoms with Gasteiger partial charge in [0, 0.05) is 0 Å². The molecule has 13 nitrogen and oxygen atoms in total. The molecule has 8 N–H and O–H groups in total. The molecule has 0 aromatic carbocycles. The van der Waals surface area contributed by atoms with E-state index in [1.807, 2.05) is 0 Å². The van der Waals surface area contributed by atoms with E-state index in [4.69, 9.17) is 5.73 Å². The number of carboxylic acids is 1. The minimum atomic E-state index is -1.19. The van der Waals surface area contributed by atoms with Crippen molar-refractivity contribution in [2.75, 3.05) is 13.1 Å². The predicted molar refractivity (Wildman–Crippen MR) is 137 cm³/mol. The fourth-order valence-corrected chi connectivity index (χ4v) is 3.12. The lowest BCUT2D eigenvalue weighted by molar-refractivity contribution is -0.143. The maximum atomic E-state index is 12.6. The molecule has 0 saturated heterocycles. The summed E-state index contributed by atoms with van der Waals surface area (Å²) in [5.74, 6) is -5.33. The Kier molecular flexibility index (Phi) is 14.4. The summed E-state index contributed by atoms with van der Waals surface area (Å²) in [5.41, 5.74) is 5.82. The van der Waals surface area contributed by atoms with Crippen LogP contribution in [0, 0.1) is 23.7 Å². The molecule has 0 aliphatic rings. The molecule has 0 aromatic rings. The van der Waals surface area contributed by atoms with Crippen LogP contribution in [0.15, 0.2) is 0 Å². The molecule has 37 heavy (non-hydrogen) atoms. The minimum Gasteiger partial charge on any atom is -0.480 e. The maximum Gasteiger partial charge on any atom is 0.326 e. The molecule has 0 heterocycles. The smallest absolute Gasteiger partial charge is 0.326 e. The molecule has 0 aliphatic carbocycles. The second-order valence-corrected chi connectivity index (χ2v) is 10.4. The van der Waals surface area contributed by atoms with Crippen LogP contribution in [0.2, 0.25) is 0 Å². The van der Waals surface area contributed by atoms with Crippen molar-refractivity contribution in [2.24, 2.45) is 29.4 Å². The SMILES string of the molecule is CC(C)[C@H](N)C(=O)N[C@H](C(=O)NCC(=O)NCC(=O)N[C@H](C(=O)N[C@H](C(=O)O)C(C)C)C(C)C)C(C)C. The van der Waals surface area contributed by atoms with E-state index in [1.165, 1.54) is 0 Å². The second-order valence-electron chi connectivity index (χ2n) is 10.4. The first kappa shape index (κ1) is 33.8. The van der Waals surface area contributed by atoms with Crippen LogP contribution in [-0.2, 0) is 28.8 Å². The molecule has 0 radical (unpaired) electrons. The highest BCUT2D eigenvalue weighted by atomic mass is 16.4. The van der Waals surface area contributed by atoms with Crippen LogP contribution in [0.4, 0.5) is 0 Å². The Morgan fingerprint density at radius 3 is 1.43 bits per heavy atom. The average molecular weight is 529 g/mol. The van der Waals surface area contributed by atoms with Gasteiger partial charge in [-0.2, -0.15) is 0 Å². The number of rotatable bonds is 15. The molecule has 0 unspecified atom stereocenters. The van der Waals surface area contributed by atoms with Crippen LogP contribution in [0.1, 0.15) is 55.4 Å². The molecule has 0 aromatic heterocycles. The van der Waals surface area contributed by atoms with Crippen molar-refractivity contribution < 1.29 is 33.9 Å². The fraction of sp³-hybridized carbons (Fsp3) is 0.750. The Labute approximate surface area is 218 Å². The average Bonchev–Trinajstić information content (AvgIpc) is 2.79. The van der Waals surface area contributed by atoms with Gasteiger partial charge >= 0.3 is 5.97 Å². The topological polar surface area (TPSA) is 209 Å². The molecule has 13 heteroatoms. The molecule has 0 saturated carbocycles. The van der Waals surface area contributed by atoms with Crippen molar-refractivity contribution in [3.8, 4) is 0 Å². The van der Waals surface area contributed by atoms with Gasteiger partial charge in [0.2, 0.25) is 29.5 Å². The summed E-state index contributed by atoms with van der Waals surface area (Å²) in [6.45, 7) is 12.8. The van der Waals surface area contributed by atoms with E-state index in [9.17, 15) is 33.9 Å². The number of nitrogens with two attached hydrogens (primary N) is 1. The molecular formula is C24H44N6O7. The normalized spacial score (nSPS) is 14.5. The molecule has 0 fully saturated rings. The second kappa shape index (κ2) is 15.8. The fourth-order valence-electron chi connectivity index (χ4n) is 3.12. The Hall–Kier alpha value is -3.22. The van der Waals surface area contributed by atoms with Gasteiger partial charge in [-0.15, -0.1) is 0 Å². The van der Waals surface area contributed by atoms with Crippen LogP contribution in [0.3, 0.4) is 0 Å². The van der Waals surface area contributed by atoms with Crippen molar-refractivity contribution >= 4 is 35.5 Å². The van der Waals surface area contributed by atoms with Crippen molar-refractivity contribution in [1.29, 1.82) is 0 Å². The molecule has 5 amide bonds. The van der Waals surface area contributed by atoms with E-state index in [-0.39, 0.29) is 23.7 Å². The zero-order chi connectivity index (χ0) is 29.0. The van der Waals surface area contributed by atoms with E-state index < -0.39 is 72.8 Å². The molecule has 0 aliphatic heterocycles. The Bertz CT molecular complexity index is 828. The number of nitrogens with one attached hydrogen (secondary N) is 5. The summed E-state index contributed by atoms with van der Waals surface area (Å²) in [6.07, 6.45) is 0. The zero-order valence-electron chi connectivity index (χ0n) is 23.0. The number of amides is 5. The molecule has 0 spiro atoms. The third kappa shape index (κ3) is 12.0. The molecule has 0 rings (SSSR count). The molecular weight excluding hydrogens is 484 g/mol. The monoisotopic (exact) mass is 528 g/mol. The van der Waals surface area contributed by atoms with E-state index in [0.717, 1.165) is 0 Å². The van der Waals surface area contributed by atoms with Crippen molar-refractivity contribution in [2.45, 2.75) is 79.6 Å². The van der Waals surface area contributed by atoms with Crippen LogP contribution in [0.5, 0.6) is 0 Å². The van der Waals surface area contributed by atoms with Crippen molar-refractivity contribution in [3.63, 3.8) is 0 Å². The molecule has 0 bridgehead atoms. The standard InChI is InChI=1S/C24H44N6O7/c1-11(2)17(25)21(33)29-18(12(3)4)22(34)27-9-15(31)26-10-16(32)28-19(13(5)6)23(35)30-20(14(7)8)24(36)37/h11-14,17-20H,9-10,25H2,1-8H3,(H,26,31)(H,27,34)(H,28,32)(H,29,33)(H,30,35)(H,36,37)/t17-,18-,19-,20-/m0/s1. The summed E-state index contributed by atoms with van der Waals surface area (Å²) in [7, 11) is 0. The lowest BCUT2D eigenvalue weighted by Gasteiger charge is -2.25. The summed E-state index contributed by atoms with van der Waals surface area (Å²) in [5, 5.41) is 21.5. The Balaban J connectivity index is 4.86. The van der Waals surface area contributed by atoms with E-state index in [0.29, 0.717) is 0 Å². The maximum absolute atomic E-state index is 12.6. The largest absolute Gasteiger partial charge is 0.480 e. The highest BCUT2D eigenvalue weighted by Crippen LogP contribution is 2.07. The molecule has 212 valence electrons. The third-order valence-corrected chi connectivity index (χ3v) is 5.63. The Morgan fingerprint density at radius 1 is 0.568 bits per heavy atom. The quantitative estimate of drug-likeness (QED) is 0.136. The first-order chi connectivity index (χ1) is 17.0.